The first kappa shape index (κ1) is 9.04. The van der Waals surface area contributed by atoms with Crippen molar-refractivity contribution in [1.29, 1.82) is 0 Å². The van der Waals surface area contributed by atoms with Gasteiger partial charge in [0.05, 0.1) is 11.9 Å². The number of nitrogens with zero attached hydrogens (tertiary/aromatic N) is 1. The van der Waals surface area contributed by atoms with Crippen LogP contribution in [0.3, 0.4) is 0 Å². The van der Waals surface area contributed by atoms with E-state index in [1.54, 1.807) is 0 Å². The average Bonchev–Trinajstić information content (AvgIpc) is 2.09. The fraction of sp³-hybridized carbons (Fsp3) is 0.500. The van der Waals surface area contributed by atoms with Crippen LogP contribution in [0.2, 0.25) is 0 Å². The summed E-state index contributed by atoms with van der Waals surface area (Å²) in [7, 11) is 0. The minimum absolute atomic E-state index is 0.523. The summed E-state index contributed by atoms with van der Waals surface area (Å²) >= 11 is 0. The molecule has 0 saturated carbocycles. The number of rotatable bonds is 3. The van der Waals surface area contributed by atoms with Crippen LogP contribution in [0.4, 0.5) is 5.69 Å². The topological polar surface area (TPSA) is 24.9 Å². The normalized spacial score (nSPS) is 12.6. The minimum Gasteiger partial charge on any atom is -0.381 e. The van der Waals surface area contributed by atoms with E-state index < -0.39 is 0 Å². The van der Waals surface area contributed by atoms with E-state index in [-0.39, 0.29) is 0 Å². The lowest BCUT2D eigenvalue weighted by Gasteiger charge is -2.12. The van der Waals surface area contributed by atoms with Crippen LogP contribution in [0.15, 0.2) is 18.3 Å². The lowest BCUT2D eigenvalue weighted by Crippen LogP contribution is -2.13. The molecule has 0 aromatic carbocycles. The SMILES string of the molecule is CC[C@H](C)Nc1ccc(C)nc1. The van der Waals surface area contributed by atoms with Crippen molar-refractivity contribution in [2.45, 2.75) is 33.2 Å². The van der Waals surface area contributed by atoms with E-state index in [0.29, 0.717) is 6.04 Å². The molecular weight excluding hydrogens is 148 g/mol. The largest absolute Gasteiger partial charge is 0.381 e. The van der Waals surface area contributed by atoms with Crippen LogP contribution in [-0.4, -0.2) is 11.0 Å². The Labute approximate surface area is 74.0 Å². The Morgan fingerprint density at radius 1 is 1.50 bits per heavy atom. The molecule has 0 radical (unpaired) electrons. The number of anilines is 1. The molecule has 0 saturated heterocycles. The fourth-order valence-electron chi connectivity index (χ4n) is 0.940. The zero-order valence-corrected chi connectivity index (χ0v) is 7.96. The van der Waals surface area contributed by atoms with Gasteiger partial charge in [-0.05, 0) is 32.4 Å². The van der Waals surface area contributed by atoms with E-state index in [0.717, 1.165) is 17.8 Å². The second-order valence-corrected chi connectivity index (χ2v) is 3.14. The number of aromatic nitrogens is 1. The molecule has 1 rings (SSSR count). The van der Waals surface area contributed by atoms with E-state index in [9.17, 15) is 0 Å². The van der Waals surface area contributed by atoms with Crippen LogP contribution in [0.1, 0.15) is 26.0 Å². The van der Waals surface area contributed by atoms with E-state index >= 15 is 0 Å². The number of pyridine rings is 1. The van der Waals surface area contributed by atoms with E-state index in [2.05, 4.69) is 30.2 Å². The molecule has 2 heteroatoms. The van der Waals surface area contributed by atoms with E-state index in [1.807, 2.05) is 19.2 Å². The standard InChI is InChI=1S/C10H16N2/c1-4-8(2)12-10-6-5-9(3)11-7-10/h5-8,12H,4H2,1-3H3/t8-/m0/s1. The molecule has 0 spiro atoms. The lowest BCUT2D eigenvalue weighted by atomic mass is 10.2. The molecule has 1 heterocycles. The molecule has 1 aromatic rings. The van der Waals surface area contributed by atoms with Crippen LogP contribution < -0.4 is 5.32 Å². The second kappa shape index (κ2) is 4.10. The van der Waals surface area contributed by atoms with Crippen molar-refractivity contribution < 1.29 is 0 Å². The highest BCUT2D eigenvalue weighted by atomic mass is 14.9. The van der Waals surface area contributed by atoms with Gasteiger partial charge >= 0.3 is 0 Å². The smallest absolute Gasteiger partial charge is 0.0528 e. The fourth-order valence-corrected chi connectivity index (χ4v) is 0.940. The molecule has 0 aliphatic rings. The van der Waals surface area contributed by atoms with Crippen molar-refractivity contribution in [2.24, 2.45) is 0 Å². The van der Waals surface area contributed by atoms with Crippen molar-refractivity contribution in [2.75, 3.05) is 5.32 Å². The highest BCUT2D eigenvalue weighted by Gasteiger charge is 1.97. The highest BCUT2D eigenvalue weighted by molar-refractivity contribution is 5.41. The number of aryl methyl sites for hydroxylation is 1. The number of hydrogen-bond donors (Lipinski definition) is 1. The lowest BCUT2D eigenvalue weighted by molar-refractivity contribution is 0.763. The minimum atomic E-state index is 0.523. The van der Waals surface area contributed by atoms with Crippen LogP contribution in [-0.2, 0) is 0 Å². The van der Waals surface area contributed by atoms with Crippen molar-refractivity contribution in [3.05, 3.63) is 24.0 Å². The van der Waals surface area contributed by atoms with Gasteiger partial charge in [-0.15, -0.1) is 0 Å². The highest BCUT2D eigenvalue weighted by Crippen LogP contribution is 2.07. The van der Waals surface area contributed by atoms with Crippen LogP contribution in [0.5, 0.6) is 0 Å². The summed E-state index contributed by atoms with van der Waals surface area (Å²) in [4.78, 5) is 4.20. The molecule has 0 fully saturated rings. The molecule has 66 valence electrons. The van der Waals surface area contributed by atoms with Gasteiger partial charge in [-0.2, -0.15) is 0 Å². The molecular formula is C10H16N2. The Kier molecular flexibility index (Phi) is 3.09. The zero-order chi connectivity index (χ0) is 8.97. The zero-order valence-electron chi connectivity index (χ0n) is 7.96. The molecule has 2 nitrogen and oxygen atoms in total. The Hall–Kier alpha value is -1.05. The molecule has 1 N–H and O–H groups in total. The maximum absolute atomic E-state index is 4.20. The summed E-state index contributed by atoms with van der Waals surface area (Å²) in [6, 6.07) is 4.61. The van der Waals surface area contributed by atoms with Gasteiger partial charge in [0.25, 0.3) is 0 Å². The van der Waals surface area contributed by atoms with Crippen LogP contribution in [0, 0.1) is 6.92 Å². The third kappa shape index (κ3) is 2.53. The molecule has 0 amide bonds. The van der Waals surface area contributed by atoms with Gasteiger partial charge < -0.3 is 5.32 Å². The first-order valence-electron chi connectivity index (χ1n) is 4.41. The summed E-state index contributed by atoms with van der Waals surface area (Å²) in [5.74, 6) is 0. The van der Waals surface area contributed by atoms with E-state index in [4.69, 9.17) is 0 Å². The first-order chi connectivity index (χ1) is 5.72. The predicted molar refractivity (Wildman–Crippen MR) is 52.3 cm³/mol. The Morgan fingerprint density at radius 2 is 2.25 bits per heavy atom. The van der Waals surface area contributed by atoms with Gasteiger partial charge in [-0.1, -0.05) is 6.92 Å². The Balaban J connectivity index is 2.58. The average molecular weight is 164 g/mol. The summed E-state index contributed by atoms with van der Waals surface area (Å²) in [5, 5.41) is 3.36. The van der Waals surface area contributed by atoms with Gasteiger partial charge in [0.2, 0.25) is 0 Å². The van der Waals surface area contributed by atoms with Crippen LogP contribution in [0.25, 0.3) is 0 Å². The molecule has 1 aromatic heterocycles. The van der Waals surface area contributed by atoms with E-state index in [1.165, 1.54) is 0 Å². The third-order valence-electron chi connectivity index (χ3n) is 1.94. The van der Waals surface area contributed by atoms with Gasteiger partial charge in [0.1, 0.15) is 0 Å². The molecule has 0 unspecified atom stereocenters. The van der Waals surface area contributed by atoms with Gasteiger partial charge in [-0.3, -0.25) is 4.98 Å². The molecule has 0 aliphatic heterocycles. The maximum Gasteiger partial charge on any atom is 0.0528 e. The van der Waals surface area contributed by atoms with Gasteiger partial charge in [0.15, 0.2) is 0 Å². The molecule has 1 atom stereocenters. The number of nitrogens with one attached hydrogen (secondary N) is 1. The first-order valence-corrected chi connectivity index (χ1v) is 4.41. The van der Waals surface area contributed by atoms with Crippen molar-refractivity contribution in [3.8, 4) is 0 Å². The Morgan fingerprint density at radius 3 is 2.75 bits per heavy atom. The molecule has 0 bridgehead atoms. The predicted octanol–water partition coefficient (Wildman–Crippen LogP) is 2.60. The Bertz CT molecular complexity index is 228. The van der Waals surface area contributed by atoms with Gasteiger partial charge in [0, 0.05) is 11.7 Å². The second-order valence-electron chi connectivity index (χ2n) is 3.14. The van der Waals surface area contributed by atoms with Crippen LogP contribution >= 0.6 is 0 Å². The summed E-state index contributed by atoms with van der Waals surface area (Å²) in [6.45, 7) is 6.33. The monoisotopic (exact) mass is 164 g/mol. The summed E-state index contributed by atoms with van der Waals surface area (Å²) < 4.78 is 0. The number of hydrogen-bond acceptors (Lipinski definition) is 2. The quantitative estimate of drug-likeness (QED) is 0.742. The third-order valence-corrected chi connectivity index (χ3v) is 1.94. The van der Waals surface area contributed by atoms with Crippen molar-refractivity contribution in [1.82, 2.24) is 4.98 Å². The van der Waals surface area contributed by atoms with Crippen molar-refractivity contribution in [3.63, 3.8) is 0 Å². The van der Waals surface area contributed by atoms with Crippen molar-refractivity contribution >= 4 is 5.69 Å². The summed E-state index contributed by atoms with van der Waals surface area (Å²) in [6.07, 6.45) is 3.01. The molecule has 12 heavy (non-hydrogen) atoms. The van der Waals surface area contributed by atoms with Gasteiger partial charge in [-0.25, -0.2) is 0 Å². The maximum atomic E-state index is 4.20. The summed E-state index contributed by atoms with van der Waals surface area (Å²) in [5.41, 5.74) is 2.17. The molecule has 0 aliphatic carbocycles.